The molecule has 22 heavy (non-hydrogen) atoms. The molecule has 0 saturated carbocycles. The first-order valence-corrected chi connectivity index (χ1v) is 7.08. The van der Waals surface area contributed by atoms with Crippen LogP contribution in [-0.4, -0.2) is 11.1 Å². The fourth-order valence-corrected chi connectivity index (χ4v) is 2.41. The summed E-state index contributed by atoms with van der Waals surface area (Å²) in [6.45, 7) is 1.79. The Morgan fingerprint density at radius 2 is 1.55 bits per heavy atom. The second kappa shape index (κ2) is 6.26. The van der Waals surface area contributed by atoms with Gasteiger partial charge in [0, 0.05) is 6.07 Å². The summed E-state index contributed by atoms with van der Waals surface area (Å²) in [6.07, 6.45) is 0. The molecule has 0 spiro atoms. The Labute approximate surface area is 128 Å². The molecule has 110 valence electrons. The summed E-state index contributed by atoms with van der Waals surface area (Å²) in [6, 6.07) is 21.1. The number of carbonyl (C=O) groups excluding carboxylic acids is 1. The number of carbonyl (C=O) groups is 1. The molecule has 0 saturated heterocycles. The van der Waals surface area contributed by atoms with Crippen LogP contribution in [0.5, 0.6) is 0 Å². The number of nitrogens with one attached hydrogen (secondary N) is 1. The van der Waals surface area contributed by atoms with Crippen LogP contribution in [0.2, 0.25) is 0 Å². The fourth-order valence-electron chi connectivity index (χ4n) is 2.41. The maximum absolute atomic E-state index is 12.7. The van der Waals surface area contributed by atoms with Crippen molar-refractivity contribution in [2.24, 2.45) is 0 Å². The number of anilines is 1. The minimum absolute atomic E-state index is 0.134. The third-order valence-corrected chi connectivity index (χ3v) is 3.41. The number of amides is 1. The standard InChI is InChI=1S/C18H16N2O2/c1-13-12-16(20-22-13)19-18(21)17(14-8-4-2-5-9-14)15-10-6-3-7-11-15/h2-12,17H,1H3,(H,19,20,21). The van der Waals surface area contributed by atoms with Crippen LogP contribution >= 0.6 is 0 Å². The Balaban J connectivity index is 1.93. The van der Waals surface area contributed by atoms with Gasteiger partial charge in [0.05, 0.1) is 5.92 Å². The largest absolute Gasteiger partial charge is 0.360 e. The van der Waals surface area contributed by atoms with Crippen LogP contribution in [0.4, 0.5) is 5.82 Å². The lowest BCUT2D eigenvalue weighted by Gasteiger charge is -2.16. The van der Waals surface area contributed by atoms with Gasteiger partial charge in [0.25, 0.3) is 0 Å². The van der Waals surface area contributed by atoms with Gasteiger partial charge in [0.2, 0.25) is 5.91 Å². The van der Waals surface area contributed by atoms with Crippen molar-refractivity contribution in [1.29, 1.82) is 0 Å². The summed E-state index contributed by atoms with van der Waals surface area (Å²) >= 11 is 0. The monoisotopic (exact) mass is 292 g/mol. The van der Waals surface area contributed by atoms with E-state index < -0.39 is 0 Å². The highest BCUT2D eigenvalue weighted by Gasteiger charge is 2.23. The third kappa shape index (κ3) is 3.06. The minimum Gasteiger partial charge on any atom is -0.360 e. The lowest BCUT2D eigenvalue weighted by atomic mass is 9.90. The number of aryl methyl sites for hydroxylation is 1. The van der Waals surface area contributed by atoms with Gasteiger partial charge in [-0.25, -0.2) is 0 Å². The molecular weight excluding hydrogens is 276 g/mol. The van der Waals surface area contributed by atoms with Crippen molar-refractivity contribution < 1.29 is 9.32 Å². The first-order chi connectivity index (χ1) is 10.7. The maximum atomic E-state index is 12.7. The molecule has 0 fully saturated rings. The van der Waals surface area contributed by atoms with Gasteiger partial charge in [-0.15, -0.1) is 0 Å². The van der Waals surface area contributed by atoms with Gasteiger partial charge < -0.3 is 9.84 Å². The molecule has 4 heteroatoms. The highest BCUT2D eigenvalue weighted by Crippen LogP contribution is 2.26. The molecule has 0 aliphatic carbocycles. The molecule has 1 heterocycles. The van der Waals surface area contributed by atoms with Crippen molar-refractivity contribution in [3.63, 3.8) is 0 Å². The van der Waals surface area contributed by atoms with Gasteiger partial charge in [-0.1, -0.05) is 65.8 Å². The van der Waals surface area contributed by atoms with Gasteiger partial charge in [-0.05, 0) is 18.1 Å². The van der Waals surface area contributed by atoms with E-state index in [1.165, 1.54) is 0 Å². The summed E-state index contributed by atoms with van der Waals surface area (Å²) < 4.78 is 4.99. The van der Waals surface area contributed by atoms with Gasteiger partial charge in [0.1, 0.15) is 5.76 Å². The molecule has 0 unspecified atom stereocenters. The predicted octanol–water partition coefficient (Wildman–Crippen LogP) is 3.75. The van der Waals surface area contributed by atoms with Crippen molar-refractivity contribution in [3.05, 3.63) is 83.6 Å². The zero-order valence-electron chi connectivity index (χ0n) is 12.2. The number of hydrogen-bond acceptors (Lipinski definition) is 3. The van der Waals surface area contributed by atoms with Crippen LogP contribution in [0.15, 0.2) is 71.3 Å². The Kier molecular flexibility index (Phi) is 4.01. The topological polar surface area (TPSA) is 55.1 Å². The third-order valence-electron chi connectivity index (χ3n) is 3.41. The average Bonchev–Trinajstić information content (AvgIpc) is 2.95. The first kappa shape index (κ1) is 14.1. The van der Waals surface area contributed by atoms with Crippen LogP contribution in [0.3, 0.4) is 0 Å². The second-order valence-corrected chi connectivity index (χ2v) is 5.07. The second-order valence-electron chi connectivity index (χ2n) is 5.07. The van der Waals surface area contributed by atoms with Crippen LogP contribution < -0.4 is 5.32 Å². The summed E-state index contributed by atoms with van der Waals surface area (Å²) in [5, 5.41) is 6.63. The molecule has 0 aliphatic rings. The van der Waals surface area contributed by atoms with E-state index in [9.17, 15) is 4.79 Å². The lowest BCUT2D eigenvalue weighted by Crippen LogP contribution is -2.22. The first-order valence-electron chi connectivity index (χ1n) is 7.08. The van der Waals surface area contributed by atoms with Gasteiger partial charge in [-0.2, -0.15) is 0 Å². The van der Waals surface area contributed by atoms with E-state index in [2.05, 4.69) is 10.5 Å². The molecule has 2 aromatic carbocycles. The lowest BCUT2D eigenvalue weighted by molar-refractivity contribution is -0.116. The Bertz CT molecular complexity index is 712. The molecule has 0 bridgehead atoms. The van der Waals surface area contributed by atoms with E-state index in [1.54, 1.807) is 13.0 Å². The Morgan fingerprint density at radius 3 is 2.00 bits per heavy atom. The van der Waals surface area contributed by atoms with Crippen molar-refractivity contribution >= 4 is 11.7 Å². The predicted molar refractivity (Wildman–Crippen MR) is 84.6 cm³/mol. The van der Waals surface area contributed by atoms with Crippen LogP contribution in [-0.2, 0) is 4.79 Å². The van der Waals surface area contributed by atoms with Crippen molar-refractivity contribution in [3.8, 4) is 0 Å². The van der Waals surface area contributed by atoms with Crippen LogP contribution in [0.1, 0.15) is 22.8 Å². The number of nitrogens with zero attached hydrogens (tertiary/aromatic N) is 1. The Morgan fingerprint density at radius 1 is 1.00 bits per heavy atom. The normalized spacial score (nSPS) is 10.6. The molecule has 1 aromatic heterocycles. The quantitative estimate of drug-likeness (QED) is 0.796. The fraction of sp³-hybridized carbons (Fsp3) is 0.111. The van der Waals surface area contributed by atoms with E-state index in [1.807, 2.05) is 60.7 Å². The van der Waals surface area contributed by atoms with Crippen molar-refractivity contribution in [1.82, 2.24) is 5.16 Å². The smallest absolute Gasteiger partial charge is 0.237 e. The molecular formula is C18H16N2O2. The average molecular weight is 292 g/mol. The SMILES string of the molecule is Cc1cc(NC(=O)C(c2ccccc2)c2ccccc2)no1. The van der Waals surface area contributed by atoms with E-state index in [4.69, 9.17) is 4.52 Å². The molecule has 1 amide bonds. The van der Waals surface area contributed by atoms with E-state index in [-0.39, 0.29) is 11.8 Å². The number of hydrogen-bond donors (Lipinski definition) is 1. The Hall–Kier alpha value is -2.88. The van der Waals surface area contributed by atoms with Crippen molar-refractivity contribution in [2.75, 3.05) is 5.32 Å². The minimum atomic E-state index is -0.389. The zero-order chi connectivity index (χ0) is 15.4. The van der Waals surface area contributed by atoms with Crippen LogP contribution in [0.25, 0.3) is 0 Å². The number of aromatic nitrogens is 1. The van der Waals surface area contributed by atoms with Gasteiger partial charge in [-0.3, -0.25) is 4.79 Å². The van der Waals surface area contributed by atoms with E-state index in [0.29, 0.717) is 11.6 Å². The van der Waals surface area contributed by atoms with Gasteiger partial charge >= 0.3 is 0 Å². The molecule has 0 radical (unpaired) electrons. The molecule has 1 N–H and O–H groups in total. The molecule has 3 rings (SSSR count). The summed E-state index contributed by atoms with van der Waals surface area (Å²) in [5.41, 5.74) is 1.87. The summed E-state index contributed by atoms with van der Waals surface area (Å²) in [7, 11) is 0. The van der Waals surface area contributed by atoms with Crippen LogP contribution in [0, 0.1) is 6.92 Å². The molecule has 0 aliphatic heterocycles. The molecule has 0 atom stereocenters. The summed E-state index contributed by atoms with van der Waals surface area (Å²) in [5.74, 6) is 0.566. The number of benzene rings is 2. The number of rotatable bonds is 4. The molecule has 3 aromatic rings. The maximum Gasteiger partial charge on any atom is 0.237 e. The highest BCUT2D eigenvalue weighted by molar-refractivity contribution is 5.97. The zero-order valence-corrected chi connectivity index (χ0v) is 12.2. The molecule has 4 nitrogen and oxygen atoms in total. The van der Waals surface area contributed by atoms with E-state index >= 15 is 0 Å². The van der Waals surface area contributed by atoms with Gasteiger partial charge in [0.15, 0.2) is 5.82 Å². The van der Waals surface area contributed by atoms with Crippen molar-refractivity contribution in [2.45, 2.75) is 12.8 Å². The van der Waals surface area contributed by atoms with E-state index in [0.717, 1.165) is 11.1 Å². The summed E-state index contributed by atoms with van der Waals surface area (Å²) in [4.78, 5) is 12.7. The highest BCUT2D eigenvalue weighted by atomic mass is 16.5.